The van der Waals surface area contributed by atoms with Crippen molar-refractivity contribution in [1.82, 2.24) is 20.9 Å². The fourth-order valence-electron chi connectivity index (χ4n) is 4.99. The Balaban J connectivity index is 1.67. The Morgan fingerprint density at radius 3 is 2.53 bits per heavy atom. The van der Waals surface area contributed by atoms with E-state index in [2.05, 4.69) is 54.7 Å². The van der Waals surface area contributed by atoms with Crippen LogP contribution in [-0.2, 0) is 45.9 Å². The van der Waals surface area contributed by atoms with Gasteiger partial charge in [0, 0.05) is 37.1 Å². The molecule has 3 heterocycles. The van der Waals surface area contributed by atoms with Crippen molar-refractivity contribution in [2.24, 2.45) is 15.4 Å². The number of phosphoric ester groups is 3. The number of phosphoric acid groups is 3. The van der Waals surface area contributed by atoms with E-state index in [1.54, 1.807) is 0 Å². The lowest BCUT2D eigenvalue weighted by Gasteiger charge is -2.37. The van der Waals surface area contributed by atoms with Crippen molar-refractivity contribution in [3.8, 4) is 11.8 Å². The smallest absolute Gasteiger partial charge is 0.386 e. The molecule has 23 nitrogen and oxygen atoms in total. The van der Waals surface area contributed by atoms with E-state index in [-0.39, 0.29) is 37.1 Å². The number of nitrogens with zero attached hydrogens (tertiary/aromatic N) is 3. The van der Waals surface area contributed by atoms with Gasteiger partial charge in [-0.1, -0.05) is 26.7 Å². The number of carbonyl (C=O) groups is 2. The highest BCUT2D eigenvalue weighted by Crippen LogP contribution is 2.61. The maximum absolute atomic E-state index is 12.8. The normalized spacial score (nSPS) is 27.4. The van der Waals surface area contributed by atoms with Gasteiger partial charge in [0.25, 0.3) is 0 Å². The van der Waals surface area contributed by atoms with Crippen molar-refractivity contribution >= 4 is 65.8 Å². The molecule has 53 heavy (non-hydrogen) atoms. The summed E-state index contributed by atoms with van der Waals surface area (Å²) in [6, 6.07) is 0. The van der Waals surface area contributed by atoms with Crippen molar-refractivity contribution in [2.45, 2.75) is 76.3 Å². The number of aliphatic hydroxyl groups excluding tert-OH is 2. The molecular weight excluding hydrogens is 791 g/mol. The van der Waals surface area contributed by atoms with Gasteiger partial charge in [0.05, 0.1) is 26.2 Å². The number of thiol groups is 1. The maximum Gasteiger partial charge on any atom is 0.481 e. The second-order valence-electron chi connectivity index (χ2n) is 12.3. The molecule has 3 aliphatic rings. The Kier molecular flexibility index (Phi) is 15.9. The Morgan fingerprint density at radius 2 is 1.89 bits per heavy atom. The lowest BCUT2D eigenvalue weighted by molar-refractivity contribution is -0.137. The third-order valence-electron chi connectivity index (χ3n) is 7.62. The van der Waals surface area contributed by atoms with Gasteiger partial charge >= 0.3 is 23.5 Å². The molecule has 0 aliphatic carbocycles. The SMILES string of the molecule is CCCC#CC12N=CNC(=N)C1=NCN2[C@@H]1O[C@H](COP(=O)(O)OP(=O)(O)OCC(C)(C)[C@@H](O)C(=O)NCCC(=O)NCCS)[C@@H](OP(=O)(O)O)[C@H]1O. The van der Waals surface area contributed by atoms with E-state index < -0.39 is 84.3 Å². The fourth-order valence-corrected chi connectivity index (χ4v) is 7.93. The van der Waals surface area contributed by atoms with Crippen molar-refractivity contribution in [3.63, 3.8) is 0 Å². The van der Waals surface area contributed by atoms with E-state index in [0.29, 0.717) is 25.1 Å². The number of hydrogen-bond donors (Lipinski definition) is 11. The predicted molar refractivity (Wildman–Crippen MR) is 187 cm³/mol. The minimum Gasteiger partial charge on any atom is -0.386 e. The highest BCUT2D eigenvalue weighted by Gasteiger charge is 2.58. The number of aliphatic hydroxyl groups is 2. The number of hydrogen-bond acceptors (Lipinski definition) is 17. The highest BCUT2D eigenvalue weighted by molar-refractivity contribution is 7.80. The molecule has 3 unspecified atom stereocenters. The van der Waals surface area contributed by atoms with Gasteiger partial charge in [-0.3, -0.25) is 33.6 Å². The third-order valence-corrected chi connectivity index (χ3v) is 10.9. The van der Waals surface area contributed by atoms with Crippen LogP contribution in [0.15, 0.2) is 9.98 Å². The molecule has 0 bridgehead atoms. The molecule has 3 aliphatic heterocycles. The van der Waals surface area contributed by atoms with Crippen LogP contribution in [0.2, 0.25) is 0 Å². The average Bonchev–Trinajstić information content (AvgIpc) is 3.58. The van der Waals surface area contributed by atoms with Gasteiger partial charge in [0.15, 0.2) is 0 Å². The lowest BCUT2D eigenvalue weighted by Crippen LogP contribution is -2.60. The first-order valence-corrected chi connectivity index (χ1v) is 21.0. The minimum atomic E-state index is -5.58. The van der Waals surface area contributed by atoms with E-state index in [1.165, 1.54) is 25.1 Å². The number of rotatable bonds is 19. The number of ether oxygens (including phenoxy) is 1. The van der Waals surface area contributed by atoms with Crippen LogP contribution in [0.4, 0.5) is 0 Å². The van der Waals surface area contributed by atoms with Crippen LogP contribution in [0.25, 0.3) is 0 Å². The first-order valence-electron chi connectivity index (χ1n) is 15.9. The zero-order chi connectivity index (χ0) is 39.8. The molecule has 1 fully saturated rings. The van der Waals surface area contributed by atoms with Crippen LogP contribution < -0.4 is 16.0 Å². The molecule has 27 heteroatoms. The molecule has 0 spiro atoms. The summed E-state index contributed by atoms with van der Waals surface area (Å²) in [5.74, 6) is 4.73. The number of unbranched alkanes of at least 4 members (excludes halogenated alkanes) is 1. The van der Waals surface area contributed by atoms with Gasteiger partial charge in [-0.15, -0.1) is 0 Å². The number of aliphatic imine (C=N–C) groups is 2. The lowest BCUT2D eigenvalue weighted by atomic mass is 9.87. The Morgan fingerprint density at radius 1 is 1.21 bits per heavy atom. The van der Waals surface area contributed by atoms with Crippen molar-refractivity contribution < 1.29 is 75.7 Å². The Hall–Kier alpha value is -2.13. The molecule has 10 N–H and O–H groups in total. The van der Waals surface area contributed by atoms with E-state index >= 15 is 0 Å². The number of carbonyl (C=O) groups excluding carboxylic acids is 2. The number of amidine groups is 1. The van der Waals surface area contributed by atoms with Gasteiger partial charge in [0.2, 0.25) is 17.5 Å². The van der Waals surface area contributed by atoms with Gasteiger partial charge in [-0.25, -0.2) is 23.6 Å². The van der Waals surface area contributed by atoms with E-state index in [9.17, 15) is 53.1 Å². The van der Waals surface area contributed by atoms with Crippen LogP contribution in [0.3, 0.4) is 0 Å². The van der Waals surface area contributed by atoms with Gasteiger partial charge in [0.1, 0.15) is 42.2 Å². The third kappa shape index (κ3) is 12.4. The maximum atomic E-state index is 12.8. The number of fused-ring (bicyclic) bond motifs is 1. The Bertz CT molecular complexity index is 1640. The summed E-state index contributed by atoms with van der Waals surface area (Å²) in [5.41, 5.74) is -3.21. The summed E-state index contributed by atoms with van der Waals surface area (Å²) in [6.07, 6.45) is -6.86. The molecule has 0 aromatic heterocycles. The zero-order valence-corrected chi connectivity index (χ0v) is 32.3. The molecule has 0 radical (unpaired) electrons. The second kappa shape index (κ2) is 18.7. The van der Waals surface area contributed by atoms with E-state index in [4.69, 9.17) is 23.7 Å². The van der Waals surface area contributed by atoms with Crippen LogP contribution >= 0.6 is 36.1 Å². The monoisotopic (exact) mass is 835 g/mol. The predicted octanol–water partition coefficient (Wildman–Crippen LogP) is -1.44. The molecule has 0 aromatic rings. The van der Waals surface area contributed by atoms with E-state index in [0.717, 1.165) is 0 Å². The van der Waals surface area contributed by atoms with E-state index in [1.807, 2.05) is 6.92 Å². The molecule has 8 atom stereocenters. The standard InChI is InChI=1S/C26H44N7O16P3S/c1-4-5-6-8-26-20(22(27)30-14-32-26)31-15-33(26)24-18(35)19(48-50(38,39)40)16(47-24)12-45-51(41,42)49-52(43,44)46-13-25(2,3)21(36)23(37)29-9-7-17(34)28-10-11-53/h14,16,18-19,21,24,35-36,53H,4-5,7,9-13,15H2,1-3H3,(H,28,34)(H,29,37)(H,41,42)(H,43,44)(H2,27,30,32)(H2,38,39,40)/t16-,18-,19-,21+,24-,26?/m1/s1. The summed E-state index contributed by atoms with van der Waals surface area (Å²) < 4.78 is 61.6. The fraction of sp³-hybridized carbons (Fsp3) is 0.731. The summed E-state index contributed by atoms with van der Waals surface area (Å²) in [7, 11) is -16.4. The number of nitrogens with one attached hydrogen (secondary N) is 4. The first kappa shape index (κ1) is 45.3. The summed E-state index contributed by atoms with van der Waals surface area (Å²) >= 11 is 3.96. The van der Waals surface area contributed by atoms with Crippen molar-refractivity contribution in [3.05, 3.63) is 0 Å². The molecule has 1 saturated heterocycles. The quantitative estimate of drug-likeness (QED) is 0.0403. The second-order valence-corrected chi connectivity index (χ2v) is 17.0. The first-order chi connectivity index (χ1) is 24.6. The van der Waals surface area contributed by atoms with Crippen molar-refractivity contribution in [2.75, 3.05) is 38.7 Å². The van der Waals surface area contributed by atoms with Gasteiger partial charge in [-0.2, -0.15) is 16.9 Å². The van der Waals surface area contributed by atoms with Crippen LogP contribution in [0.1, 0.15) is 40.0 Å². The zero-order valence-electron chi connectivity index (χ0n) is 28.7. The van der Waals surface area contributed by atoms with Crippen LogP contribution in [0, 0.1) is 22.7 Å². The van der Waals surface area contributed by atoms with Crippen molar-refractivity contribution in [1.29, 1.82) is 5.41 Å². The largest absolute Gasteiger partial charge is 0.481 e. The summed E-state index contributed by atoms with van der Waals surface area (Å²) in [5, 5.41) is 37.4. The van der Waals surface area contributed by atoms with Gasteiger partial charge < -0.3 is 50.5 Å². The Labute approximate surface area is 309 Å². The van der Waals surface area contributed by atoms with Crippen LogP contribution in [-0.4, -0.2) is 139 Å². The molecular formula is C26H44N7O16P3S. The van der Waals surface area contributed by atoms with Gasteiger partial charge in [-0.05, 0) is 12.3 Å². The van der Waals surface area contributed by atoms with Crippen LogP contribution in [0.5, 0.6) is 0 Å². The average molecular weight is 836 g/mol. The molecule has 300 valence electrons. The number of amides is 2. The minimum absolute atomic E-state index is 0.0550. The summed E-state index contributed by atoms with van der Waals surface area (Å²) in [6.45, 7) is 2.29. The highest BCUT2D eigenvalue weighted by atomic mass is 32.1. The molecule has 2 amide bonds. The summed E-state index contributed by atoms with van der Waals surface area (Å²) in [4.78, 5) is 73.5. The topological polar surface area (TPSA) is 341 Å². The molecule has 3 rings (SSSR count). The molecule has 0 saturated carbocycles. The molecule has 0 aromatic carbocycles.